The van der Waals surface area contributed by atoms with Gasteiger partial charge in [0.2, 0.25) is 0 Å². The number of carbonyl (C=O) groups is 2. The van der Waals surface area contributed by atoms with Crippen LogP contribution < -0.4 is 10.2 Å². The number of nitrogens with zero attached hydrogens (tertiary/aromatic N) is 2. The third-order valence-electron chi connectivity index (χ3n) is 6.57. The molecule has 0 aliphatic carbocycles. The van der Waals surface area contributed by atoms with Gasteiger partial charge < -0.3 is 19.9 Å². The van der Waals surface area contributed by atoms with Crippen LogP contribution in [0, 0.1) is 6.92 Å². The van der Waals surface area contributed by atoms with E-state index in [2.05, 4.69) is 23.2 Å². The Labute approximate surface area is 190 Å². The molecule has 2 aliphatic rings. The fourth-order valence-corrected chi connectivity index (χ4v) is 4.77. The van der Waals surface area contributed by atoms with E-state index in [0.29, 0.717) is 12.1 Å². The van der Waals surface area contributed by atoms with E-state index in [9.17, 15) is 9.59 Å². The first-order chi connectivity index (χ1) is 15.6. The van der Waals surface area contributed by atoms with E-state index in [-0.39, 0.29) is 17.9 Å². The number of amides is 2. The molecule has 1 atom stereocenters. The first kappa shape index (κ1) is 22.3. The van der Waals surface area contributed by atoms with Crippen molar-refractivity contribution in [3.8, 4) is 0 Å². The Hall–Kier alpha value is -2.86. The average Bonchev–Trinajstić information content (AvgIpc) is 2.85. The lowest BCUT2D eigenvalue weighted by Crippen LogP contribution is -2.45. The number of piperidine rings is 1. The van der Waals surface area contributed by atoms with Crippen molar-refractivity contribution >= 4 is 17.5 Å². The Morgan fingerprint density at radius 1 is 1.00 bits per heavy atom. The maximum atomic E-state index is 13.6. The van der Waals surface area contributed by atoms with Crippen molar-refractivity contribution < 1.29 is 14.3 Å². The lowest BCUT2D eigenvalue weighted by molar-refractivity contribution is 0.0600. The highest BCUT2D eigenvalue weighted by Gasteiger charge is 2.29. The largest absolute Gasteiger partial charge is 0.378 e. The molecule has 2 fully saturated rings. The normalized spacial score (nSPS) is 19.0. The molecule has 2 heterocycles. The first-order valence-electron chi connectivity index (χ1n) is 11.7. The van der Waals surface area contributed by atoms with E-state index in [4.69, 9.17) is 4.74 Å². The van der Waals surface area contributed by atoms with Crippen LogP contribution in [0.15, 0.2) is 48.5 Å². The Morgan fingerprint density at radius 3 is 2.56 bits per heavy atom. The number of likely N-dealkylation sites (tertiary alicyclic amines) is 1. The molecular formula is C26H33N3O3. The van der Waals surface area contributed by atoms with Crippen molar-refractivity contribution in [1.82, 2.24) is 10.2 Å². The number of hydrogen-bond acceptors (Lipinski definition) is 4. The summed E-state index contributed by atoms with van der Waals surface area (Å²) in [6.45, 7) is 6.54. The molecule has 6 heteroatoms. The van der Waals surface area contributed by atoms with Crippen LogP contribution in [0.4, 0.5) is 5.69 Å². The van der Waals surface area contributed by atoms with E-state index >= 15 is 0 Å². The van der Waals surface area contributed by atoms with E-state index in [1.54, 1.807) is 0 Å². The molecule has 2 aliphatic heterocycles. The van der Waals surface area contributed by atoms with Crippen molar-refractivity contribution in [2.24, 2.45) is 0 Å². The van der Waals surface area contributed by atoms with Gasteiger partial charge in [0, 0.05) is 49.0 Å². The summed E-state index contributed by atoms with van der Waals surface area (Å²) in [5, 5.41) is 3.01. The summed E-state index contributed by atoms with van der Waals surface area (Å²) >= 11 is 0. The highest BCUT2D eigenvalue weighted by molar-refractivity contribution is 5.97. The van der Waals surface area contributed by atoms with Gasteiger partial charge >= 0.3 is 0 Å². The summed E-state index contributed by atoms with van der Waals surface area (Å²) in [7, 11) is 0. The topological polar surface area (TPSA) is 61.9 Å². The molecule has 4 rings (SSSR count). The summed E-state index contributed by atoms with van der Waals surface area (Å²) in [4.78, 5) is 30.3. The van der Waals surface area contributed by atoms with Crippen LogP contribution in [0.3, 0.4) is 0 Å². The van der Waals surface area contributed by atoms with E-state index in [0.717, 1.165) is 75.3 Å². The first-order valence-corrected chi connectivity index (χ1v) is 11.7. The lowest BCUT2D eigenvalue weighted by Gasteiger charge is -2.37. The lowest BCUT2D eigenvalue weighted by atomic mass is 9.96. The van der Waals surface area contributed by atoms with Crippen molar-refractivity contribution in [3.63, 3.8) is 0 Å². The van der Waals surface area contributed by atoms with Gasteiger partial charge in [0.25, 0.3) is 11.8 Å². The molecule has 2 saturated heterocycles. The summed E-state index contributed by atoms with van der Waals surface area (Å²) in [5.74, 6) is 0.0463. The zero-order chi connectivity index (χ0) is 22.3. The van der Waals surface area contributed by atoms with Crippen LogP contribution in [-0.4, -0.2) is 62.1 Å². The Morgan fingerprint density at radius 2 is 1.78 bits per heavy atom. The molecule has 1 N–H and O–H groups in total. The van der Waals surface area contributed by atoms with Crippen LogP contribution in [0.5, 0.6) is 0 Å². The highest BCUT2D eigenvalue weighted by atomic mass is 16.5. The van der Waals surface area contributed by atoms with Crippen LogP contribution in [-0.2, 0) is 4.74 Å². The van der Waals surface area contributed by atoms with Gasteiger partial charge in [-0.15, -0.1) is 0 Å². The van der Waals surface area contributed by atoms with Crippen molar-refractivity contribution in [2.45, 2.75) is 38.6 Å². The number of hydrogen-bond donors (Lipinski definition) is 1. The van der Waals surface area contributed by atoms with Gasteiger partial charge in [-0.2, -0.15) is 0 Å². The van der Waals surface area contributed by atoms with Crippen LogP contribution in [0.25, 0.3) is 0 Å². The molecule has 170 valence electrons. The van der Waals surface area contributed by atoms with Crippen molar-refractivity contribution in [3.05, 3.63) is 65.2 Å². The second-order valence-electron chi connectivity index (χ2n) is 8.61. The number of rotatable bonds is 6. The molecule has 2 amide bonds. The Bertz CT molecular complexity index is 925. The molecule has 2 aromatic rings. The number of benzene rings is 2. The summed E-state index contributed by atoms with van der Waals surface area (Å²) in [6.07, 6.45) is 3.90. The van der Waals surface area contributed by atoms with E-state index in [1.165, 1.54) is 0 Å². The van der Waals surface area contributed by atoms with Crippen LogP contribution >= 0.6 is 0 Å². The number of anilines is 1. The van der Waals surface area contributed by atoms with Crippen LogP contribution in [0.2, 0.25) is 0 Å². The Kier molecular flexibility index (Phi) is 7.43. The molecule has 1 unspecified atom stereocenters. The number of carbonyl (C=O) groups excluding carboxylic acids is 2. The van der Waals surface area contributed by atoms with Gasteiger partial charge in [0.15, 0.2) is 0 Å². The minimum atomic E-state index is -0.0617. The third kappa shape index (κ3) is 5.13. The molecule has 0 radical (unpaired) electrons. The van der Waals surface area contributed by atoms with Crippen molar-refractivity contribution in [1.29, 1.82) is 0 Å². The minimum Gasteiger partial charge on any atom is -0.378 e. The molecule has 6 nitrogen and oxygen atoms in total. The molecule has 2 aromatic carbocycles. The predicted molar refractivity (Wildman–Crippen MR) is 126 cm³/mol. The zero-order valence-corrected chi connectivity index (χ0v) is 18.9. The highest BCUT2D eigenvalue weighted by Crippen LogP contribution is 2.28. The second kappa shape index (κ2) is 10.6. The SMILES string of the molecule is Cc1c(C(=O)N2CCCCC2CCNC(=O)c2ccccc2)cccc1N1CCOCC1. The van der Waals surface area contributed by atoms with Gasteiger partial charge in [0.05, 0.1) is 13.2 Å². The van der Waals surface area contributed by atoms with Gasteiger partial charge in [-0.05, 0) is 62.4 Å². The molecule has 0 aromatic heterocycles. The average molecular weight is 436 g/mol. The summed E-state index contributed by atoms with van der Waals surface area (Å²) < 4.78 is 5.48. The number of morpholine rings is 1. The zero-order valence-electron chi connectivity index (χ0n) is 18.9. The van der Waals surface area contributed by atoms with Gasteiger partial charge in [-0.3, -0.25) is 9.59 Å². The van der Waals surface area contributed by atoms with Gasteiger partial charge in [-0.1, -0.05) is 24.3 Å². The standard InChI is InChI=1S/C26H33N3O3/c1-20-23(11-7-12-24(20)28-16-18-32-19-17-28)26(31)29-15-6-5-10-22(29)13-14-27-25(30)21-8-3-2-4-9-21/h2-4,7-9,11-12,22H,5-6,10,13-19H2,1H3,(H,27,30). The summed E-state index contributed by atoms with van der Waals surface area (Å²) in [5.41, 5.74) is 3.62. The van der Waals surface area contributed by atoms with Crippen LogP contribution in [0.1, 0.15) is 52.0 Å². The fourth-order valence-electron chi connectivity index (χ4n) is 4.77. The minimum absolute atomic E-state index is 0.0617. The molecule has 32 heavy (non-hydrogen) atoms. The predicted octanol–water partition coefficient (Wildman–Crippen LogP) is 3.65. The van der Waals surface area contributed by atoms with E-state index < -0.39 is 0 Å². The van der Waals surface area contributed by atoms with Crippen molar-refractivity contribution in [2.75, 3.05) is 44.3 Å². The quantitative estimate of drug-likeness (QED) is 0.753. The number of ether oxygens (including phenoxy) is 1. The molecular weight excluding hydrogens is 402 g/mol. The monoisotopic (exact) mass is 435 g/mol. The second-order valence-corrected chi connectivity index (χ2v) is 8.61. The molecule has 0 spiro atoms. The van der Waals surface area contributed by atoms with Gasteiger partial charge in [0.1, 0.15) is 0 Å². The molecule has 0 bridgehead atoms. The van der Waals surface area contributed by atoms with E-state index in [1.807, 2.05) is 47.4 Å². The third-order valence-corrected chi connectivity index (χ3v) is 6.57. The van der Waals surface area contributed by atoms with Gasteiger partial charge in [-0.25, -0.2) is 0 Å². The Balaban J connectivity index is 1.42. The number of nitrogens with one attached hydrogen (secondary N) is 1. The maximum absolute atomic E-state index is 13.6. The summed E-state index contributed by atoms with van der Waals surface area (Å²) in [6, 6.07) is 15.5. The maximum Gasteiger partial charge on any atom is 0.254 e. The fraction of sp³-hybridized carbons (Fsp3) is 0.462. The molecule has 0 saturated carbocycles. The smallest absolute Gasteiger partial charge is 0.254 e.